The number of hydrogen-bond acceptors (Lipinski definition) is 5. The molecule has 0 bridgehead atoms. The molecule has 5 nitrogen and oxygen atoms in total. The molecule has 128 valence electrons. The molecule has 1 fully saturated rings. The van der Waals surface area contributed by atoms with Crippen LogP contribution in [0.15, 0.2) is 48.5 Å². The van der Waals surface area contributed by atoms with Crippen LogP contribution >= 0.6 is 0 Å². The van der Waals surface area contributed by atoms with Crippen LogP contribution in [0.3, 0.4) is 0 Å². The standard InChI is InChI=1S/C20H19NO4/c22-18(16-4-8-19-20(13-16)25-14-24-19)7-3-15-1-5-17(6-2-15)21-9-11-23-12-10-21/h1-8,13H,9-12,14H2/b7-3+. The lowest BCUT2D eigenvalue weighted by Crippen LogP contribution is -2.36. The molecular weight excluding hydrogens is 318 g/mol. The summed E-state index contributed by atoms with van der Waals surface area (Å²) in [7, 11) is 0. The number of benzene rings is 2. The van der Waals surface area contributed by atoms with E-state index in [2.05, 4.69) is 17.0 Å². The molecule has 2 aliphatic rings. The van der Waals surface area contributed by atoms with Crippen LogP contribution in [0, 0.1) is 0 Å². The molecule has 0 aliphatic carbocycles. The van der Waals surface area contributed by atoms with Crippen molar-refractivity contribution in [1.82, 2.24) is 0 Å². The molecule has 0 saturated carbocycles. The highest BCUT2D eigenvalue weighted by Crippen LogP contribution is 2.32. The van der Waals surface area contributed by atoms with Gasteiger partial charge < -0.3 is 19.1 Å². The van der Waals surface area contributed by atoms with E-state index in [0.29, 0.717) is 17.1 Å². The molecule has 2 aliphatic heterocycles. The van der Waals surface area contributed by atoms with Crippen LogP contribution in [0.1, 0.15) is 15.9 Å². The van der Waals surface area contributed by atoms with E-state index in [9.17, 15) is 4.79 Å². The van der Waals surface area contributed by atoms with Gasteiger partial charge in [0.15, 0.2) is 17.3 Å². The van der Waals surface area contributed by atoms with Crippen LogP contribution < -0.4 is 14.4 Å². The number of nitrogens with zero attached hydrogens (tertiary/aromatic N) is 1. The first kappa shape index (κ1) is 15.7. The Morgan fingerprint density at radius 1 is 0.960 bits per heavy atom. The van der Waals surface area contributed by atoms with E-state index < -0.39 is 0 Å². The van der Waals surface area contributed by atoms with Crippen LogP contribution in [0.5, 0.6) is 11.5 Å². The minimum absolute atomic E-state index is 0.0597. The van der Waals surface area contributed by atoms with Gasteiger partial charge in [-0.3, -0.25) is 4.79 Å². The molecule has 2 aromatic rings. The number of anilines is 1. The Kier molecular flexibility index (Phi) is 4.39. The second-order valence-corrected chi connectivity index (χ2v) is 5.96. The zero-order valence-corrected chi connectivity index (χ0v) is 13.8. The molecule has 0 unspecified atom stereocenters. The van der Waals surface area contributed by atoms with Gasteiger partial charge in [0, 0.05) is 24.3 Å². The predicted molar refractivity (Wildman–Crippen MR) is 95.4 cm³/mol. The van der Waals surface area contributed by atoms with Crippen LogP contribution in [-0.2, 0) is 4.74 Å². The number of fused-ring (bicyclic) bond motifs is 1. The van der Waals surface area contributed by atoms with Gasteiger partial charge in [0.2, 0.25) is 6.79 Å². The summed E-state index contributed by atoms with van der Waals surface area (Å²) in [5, 5.41) is 0. The molecule has 5 heteroatoms. The van der Waals surface area contributed by atoms with Gasteiger partial charge in [0.1, 0.15) is 0 Å². The molecule has 0 N–H and O–H groups in total. The third-order valence-corrected chi connectivity index (χ3v) is 4.35. The largest absolute Gasteiger partial charge is 0.454 e. The number of ketones is 1. The van der Waals surface area contributed by atoms with Crippen molar-refractivity contribution < 1.29 is 19.0 Å². The molecule has 4 rings (SSSR count). The van der Waals surface area contributed by atoms with Gasteiger partial charge in [-0.05, 0) is 42.0 Å². The summed E-state index contributed by atoms with van der Waals surface area (Å²) < 4.78 is 15.9. The average Bonchev–Trinajstić information content (AvgIpc) is 3.15. The second kappa shape index (κ2) is 6.99. The van der Waals surface area contributed by atoms with E-state index in [-0.39, 0.29) is 12.6 Å². The number of ether oxygens (including phenoxy) is 3. The minimum Gasteiger partial charge on any atom is -0.454 e. The lowest BCUT2D eigenvalue weighted by molar-refractivity contribution is 0.104. The van der Waals surface area contributed by atoms with Crippen molar-refractivity contribution in [3.63, 3.8) is 0 Å². The number of rotatable bonds is 4. The topological polar surface area (TPSA) is 48.0 Å². The van der Waals surface area contributed by atoms with Crippen molar-refractivity contribution in [3.8, 4) is 11.5 Å². The highest BCUT2D eigenvalue weighted by Gasteiger charge is 2.15. The summed E-state index contributed by atoms with van der Waals surface area (Å²) in [5.74, 6) is 1.24. The summed E-state index contributed by atoms with van der Waals surface area (Å²) >= 11 is 0. The van der Waals surface area contributed by atoms with Crippen LogP contribution in [0.4, 0.5) is 5.69 Å². The lowest BCUT2D eigenvalue weighted by Gasteiger charge is -2.28. The van der Waals surface area contributed by atoms with Crippen molar-refractivity contribution >= 4 is 17.5 Å². The molecule has 0 spiro atoms. The lowest BCUT2D eigenvalue weighted by atomic mass is 10.1. The van der Waals surface area contributed by atoms with Gasteiger partial charge in [-0.25, -0.2) is 0 Å². The van der Waals surface area contributed by atoms with Gasteiger partial charge in [0.25, 0.3) is 0 Å². The second-order valence-electron chi connectivity index (χ2n) is 5.96. The van der Waals surface area contributed by atoms with Crippen LogP contribution in [0.2, 0.25) is 0 Å². The number of allylic oxidation sites excluding steroid dienone is 1. The molecule has 0 amide bonds. The Labute approximate surface area is 146 Å². The number of morpholine rings is 1. The maximum Gasteiger partial charge on any atom is 0.231 e. The first-order valence-corrected chi connectivity index (χ1v) is 8.34. The van der Waals surface area contributed by atoms with Crippen LogP contribution in [0.25, 0.3) is 6.08 Å². The van der Waals surface area contributed by atoms with E-state index in [1.807, 2.05) is 18.2 Å². The predicted octanol–water partition coefficient (Wildman–Crippen LogP) is 3.15. The van der Waals surface area contributed by atoms with E-state index >= 15 is 0 Å². The zero-order valence-electron chi connectivity index (χ0n) is 13.8. The van der Waals surface area contributed by atoms with E-state index in [0.717, 1.165) is 31.9 Å². The Balaban J connectivity index is 1.43. The first-order chi connectivity index (χ1) is 12.3. The fourth-order valence-electron chi connectivity index (χ4n) is 2.94. The minimum atomic E-state index is -0.0597. The van der Waals surface area contributed by atoms with Gasteiger partial charge in [0.05, 0.1) is 13.2 Å². The Bertz CT molecular complexity index is 792. The van der Waals surface area contributed by atoms with Crippen molar-refractivity contribution in [3.05, 3.63) is 59.7 Å². The summed E-state index contributed by atoms with van der Waals surface area (Å²) in [5.41, 5.74) is 2.76. The Hall–Kier alpha value is -2.79. The Morgan fingerprint density at radius 3 is 2.52 bits per heavy atom. The fraction of sp³-hybridized carbons (Fsp3) is 0.250. The molecule has 0 aromatic heterocycles. The van der Waals surface area contributed by atoms with E-state index in [1.165, 1.54) is 5.69 Å². The Morgan fingerprint density at radius 2 is 1.72 bits per heavy atom. The SMILES string of the molecule is O=C(/C=C/c1ccc(N2CCOCC2)cc1)c1ccc2c(c1)OCO2. The average molecular weight is 337 g/mol. The first-order valence-electron chi connectivity index (χ1n) is 8.34. The smallest absolute Gasteiger partial charge is 0.231 e. The van der Waals surface area contributed by atoms with Gasteiger partial charge in [-0.2, -0.15) is 0 Å². The highest BCUT2D eigenvalue weighted by atomic mass is 16.7. The van der Waals surface area contributed by atoms with Gasteiger partial charge in [-0.1, -0.05) is 18.2 Å². The molecule has 2 aromatic carbocycles. The molecule has 2 heterocycles. The van der Waals surface area contributed by atoms with Gasteiger partial charge >= 0.3 is 0 Å². The fourth-order valence-corrected chi connectivity index (χ4v) is 2.94. The molecular formula is C20H19NO4. The summed E-state index contributed by atoms with van der Waals surface area (Å²) in [6.07, 6.45) is 3.41. The van der Waals surface area contributed by atoms with Crippen molar-refractivity contribution in [2.45, 2.75) is 0 Å². The zero-order chi connectivity index (χ0) is 17.1. The molecule has 1 saturated heterocycles. The summed E-state index contributed by atoms with van der Waals surface area (Å²) in [6.45, 7) is 3.57. The van der Waals surface area contributed by atoms with Crippen molar-refractivity contribution in [2.24, 2.45) is 0 Å². The van der Waals surface area contributed by atoms with Crippen LogP contribution in [-0.4, -0.2) is 38.9 Å². The number of carbonyl (C=O) groups excluding carboxylic acids is 1. The summed E-state index contributed by atoms with van der Waals surface area (Å²) in [6, 6.07) is 13.4. The summed E-state index contributed by atoms with van der Waals surface area (Å²) in [4.78, 5) is 14.6. The maximum atomic E-state index is 12.3. The third kappa shape index (κ3) is 3.51. The van der Waals surface area contributed by atoms with Gasteiger partial charge in [-0.15, -0.1) is 0 Å². The van der Waals surface area contributed by atoms with Crippen molar-refractivity contribution in [1.29, 1.82) is 0 Å². The van der Waals surface area contributed by atoms with E-state index in [4.69, 9.17) is 14.2 Å². The molecule has 0 atom stereocenters. The molecule has 0 radical (unpaired) electrons. The number of hydrogen-bond donors (Lipinski definition) is 0. The molecule has 25 heavy (non-hydrogen) atoms. The highest BCUT2D eigenvalue weighted by molar-refractivity contribution is 6.07. The quantitative estimate of drug-likeness (QED) is 0.634. The monoisotopic (exact) mass is 337 g/mol. The number of carbonyl (C=O) groups is 1. The van der Waals surface area contributed by atoms with Crippen molar-refractivity contribution in [2.75, 3.05) is 38.0 Å². The maximum absolute atomic E-state index is 12.3. The third-order valence-electron chi connectivity index (χ3n) is 4.35. The van der Waals surface area contributed by atoms with E-state index in [1.54, 1.807) is 24.3 Å². The normalized spacial score (nSPS) is 16.4.